The molecule has 0 unspecified atom stereocenters. The molecule has 150 valence electrons. The van der Waals surface area contributed by atoms with E-state index < -0.39 is 6.10 Å². The molecule has 2 heterocycles. The molecule has 3 amide bonds. The highest BCUT2D eigenvalue weighted by Crippen LogP contribution is 2.34. The Morgan fingerprint density at radius 1 is 1.17 bits per heavy atom. The molecule has 7 heteroatoms. The van der Waals surface area contributed by atoms with Crippen LogP contribution in [0.25, 0.3) is 0 Å². The highest BCUT2D eigenvalue weighted by molar-refractivity contribution is 6.08. The lowest BCUT2D eigenvalue weighted by atomic mass is 10.1. The van der Waals surface area contributed by atoms with Crippen LogP contribution in [0.2, 0.25) is 0 Å². The van der Waals surface area contributed by atoms with Crippen LogP contribution in [0.4, 0.5) is 5.69 Å². The molecule has 4 rings (SSSR count). The van der Waals surface area contributed by atoms with E-state index in [0.29, 0.717) is 30.0 Å². The maximum atomic E-state index is 13.3. The molecular weight excluding hydrogens is 370 g/mol. The van der Waals surface area contributed by atoms with E-state index in [0.717, 1.165) is 18.5 Å². The summed E-state index contributed by atoms with van der Waals surface area (Å²) in [6.45, 7) is 1.38. The zero-order valence-corrected chi connectivity index (χ0v) is 16.3. The molecule has 1 atom stereocenters. The Morgan fingerprint density at radius 3 is 2.76 bits per heavy atom. The number of para-hydroxylation sites is 2. The van der Waals surface area contributed by atoms with Crippen molar-refractivity contribution in [2.24, 2.45) is 0 Å². The lowest BCUT2D eigenvalue weighted by Gasteiger charge is -2.34. The number of benzene rings is 2. The highest BCUT2D eigenvalue weighted by Gasteiger charge is 2.33. The molecule has 29 heavy (non-hydrogen) atoms. The van der Waals surface area contributed by atoms with E-state index in [9.17, 15) is 14.4 Å². The Morgan fingerprint density at radius 2 is 2.00 bits per heavy atom. The van der Waals surface area contributed by atoms with E-state index in [4.69, 9.17) is 4.74 Å². The van der Waals surface area contributed by atoms with Crippen LogP contribution in [0.15, 0.2) is 48.5 Å². The number of nitrogens with one attached hydrogen (secondary N) is 1. The number of carbonyl (C=O) groups is 3. The fourth-order valence-corrected chi connectivity index (χ4v) is 3.77. The Bertz CT molecular complexity index is 959. The Labute approximate surface area is 169 Å². The third-order valence-electron chi connectivity index (χ3n) is 5.28. The minimum Gasteiger partial charge on any atom is -0.477 e. The van der Waals surface area contributed by atoms with Gasteiger partial charge in [0.25, 0.3) is 11.8 Å². The number of hydrogen-bond acceptors (Lipinski definition) is 4. The van der Waals surface area contributed by atoms with Gasteiger partial charge in [-0.1, -0.05) is 24.3 Å². The summed E-state index contributed by atoms with van der Waals surface area (Å²) in [6.07, 6.45) is 0.691. The second kappa shape index (κ2) is 7.95. The van der Waals surface area contributed by atoms with Crippen molar-refractivity contribution in [2.45, 2.75) is 25.5 Å². The molecule has 2 aliphatic rings. The third kappa shape index (κ3) is 3.81. The first-order chi connectivity index (χ1) is 14.1. The molecule has 0 bridgehead atoms. The number of carbonyl (C=O) groups excluding carboxylic acids is 3. The van der Waals surface area contributed by atoms with Crippen LogP contribution in [0.5, 0.6) is 5.75 Å². The number of fused-ring (bicyclic) bond motifs is 1. The summed E-state index contributed by atoms with van der Waals surface area (Å²) in [7, 11) is 1.54. The molecule has 0 spiro atoms. The Balaban J connectivity index is 1.60. The molecule has 7 nitrogen and oxygen atoms in total. The molecule has 0 aromatic heterocycles. The number of ether oxygens (including phenoxy) is 1. The molecule has 0 saturated carbocycles. The number of amides is 3. The summed E-state index contributed by atoms with van der Waals surface area (Å²) in [5.41, 5.74) is 2.06. The van der Waals surface area contributed by atoms with Crippen LogP contribution >= 0.6 is 0 Å². The van der Waals surface area contributed by atoms with Crippen molar-refractivity contribution < 1.29 is 19.1 Å². The van der Waals surface area contributed by atoms with E-state index in [1.165, 1.54) is 0 Å². The average molecular weight is 393 g/mol. The molecule has 1 fully saturated rings. The van der Waals surface area contributed by atoms with Crippen molar-refractivity contribution in [2.75, 3.05) is 25.0 Å². The van der Waals surface area contributed by atoms with E-state index in [-0.39, 0.29) is 24.3 Å². The van der Waals surface area contributed by atoms with Gasteiger partial charge in [0.15, 0.2) is 6.10 Å². The van der Waals surface area contributed by atoms with Gasteiger partial charge in [0, 0.05) is 32.1 Å². The quantitative estimate of drug-likeness (QED) is 0.861. The van der Waals surface area contributed by atoms with Crippen molar-refractivity contribution in [1.29, 1.82) is 0 Å². The lowest BCUT2D eigenvalue weighted by molar-refractivity contribution is -0.128. The van der Waals surface area contributed by atoms with Crippen molar-refractivity contribution in [3.05, 3.63) is 59.7 Å². The zero-order chi connectivity index (χ0) is 20.4. The molecule has 1 saturated heterocycles. The fourth-order valence-electron chi connectivity index (χ4n) is 3.77. The molecule has 2 aromatic rings. The summed E-state index contributed by atoms with van der Waals surface area (Å²) in [6, 6.07) is 14.5. The van der Waals surface area contributed by atoms with E-state index in [1.807, 2.05) is 29.2 Å². The molecule has 0 aliphatic carbocycles. The number of likely N-dealkylation sites (N-methyl/N-ethyl adjacent to an activating group) is 1. The monoisotopic (exact) mass is 393 g/mol. The van der Waals surface area contributed by atoms with Gasteiger partial charge in [0.05, 0.1) is 12.2 Å². The number of hydrogen-bond donors (Lipinski definition) is 1. The molecule has 1 N–H and O–H groups in total. The van der Waals surface area contributed by atoms with Crippen LogP contribution in [0, 0.1) is 0 Å². The predicted octanol–water partition coefficient (Wildman–Crippen LogP) is 1.96. The second-order valence-corrected chi connectivity index (χ2v) is 7.22. The second-order valence-electron chi connectivity index (χ2n) is 7.22. The summed E-state index contributed by atoms with van der Waals surface area (Å²) < 4.78 is 5.78. The average Bonchev–Trinajstić information content (AvgIpc) is 3.16. The van der Waals surface area contributed by atoms with Crippen molar-refractivity contribution in [1.82, 2.24) is 10.2 Å². The van der Waals surface area contributed by atoms with Crippen LogP contribution in [-0.4, -0.2) is 48.9 Å². The minimum atomic E-state index is -0.774. The van der Waals surface area contributed by atoms with Crippen molar-refractivity contribution in [3.8, 4) is 5.75 Å². The number of anilines is 1. The smallest absolute Gasteiger partial charge is 0.262 e. The van der Waals surface area contributed by atoms with Gasteiger partial charge in [0.1, 0.15) is 5.75 Å². The van der Waals surface area contributed by atoms with Gasteiger partial charge in [-0.05, 0) is 36.2 Å². The van der Waals surface area contributed by atoms with Gasteiger partial charge in [-0.3, -0.25) is 14.4 Å². The van der Waals surface area contributed by atoms with E-state index in [2.05, 4.69) is 5.32 Å². The van der Waals surface area contributed by atoms with Gasteiger partial charge in [-0.2, -0.15) is 0 Å². The van der Waals surface area contributed by atoms with Crippen LogP contribution < -0.4 is 15.0 Å². The minimum absolute atomic E-state index is 0.129. The molecule has 2 aromatic carbocycles. The largest absolute Gasteiger partial charge is 0.477 e. The lowest BCUT2D eigenvalue weighted by Crippen LogP contribution is -2.50. The SMILES string of the molecule is CNC(=O)[C@@H]1CN(C(=O)c2cccc(CN3CCCC3=O)c2)c2ccccc2O1. The standard InChI is InChI=1S/C22H23N3O4/c1-23-21(27)19-14-25(17-8-2-3-9-18(17)29-19)22(28)16-7-4-6-15(12-16)13-24-11-5-10-20(24)26/h2-4,6-9,12,19H,5,10-11,13-14H2,1H3,(H,23,27)/t19-/m0/s1. The number of nitrogens with zero attached hydrogens (tertiary/aromatic N) is 2. The van der Waals surface area contributed by atoms with Gasteiger partial charge >= 0.3 is 0 Å². The van der Waals surface area contributed by atoms with E-state index in [1.54, 1.807) is 36.2 Å². The molecule has 0 radical (unpaired) electrons. The molecular formula is C22H23N3O4. The van der Waals surface area contributed by atoms with Crippen molar-refractivity contribution in [3.63, 3.8) is 0 Å². The first kappa shape index (κ1) is 19.0. The van der Waals surface area contributed by atoms with Gasteiger partial charge < -0.3 is 19.9 Å². The number of rotatable bonds is 4. The summed E-state index contributed by atoms with van der Waals surface area (Å²) in [4.78, 5) is 40.8. The van der Waals surface area contributed by atoms with Crippen molar-refractivity contribution >= 4 is 23.4 Å². The summed E-state index contributed by atoms with van der Waals surface area (Å²) in [5.74, 6) is 0.166. The van der Waals surface area contributed by atoms with Gasteiger partial charge in [-0.15, -0.1) is 0 Å². The van der Waals surface area contributed by atoms with Crippen LogP contribution in [0.3, 0.4) is 0 Å². The first-order valence-corrected chi connectivity index (χ1v) is 9.72. The Hall–Kier alpha value is -3.35. The molecule has 2 aliphatic heterocycles. The van der Waals surface area contributed by atoms with Crippen LogP contribution in [0.1, 0.15) is 28.8 Å². The van der Waals surface area contributed by atoms with Crippen LogP contribution in [-0.2, 0) is 16.1 Å². The maximum absolute atomic E-state index is 13.3. The number of likely N-dealkylation sites (tertiary alicyclic amines) is 1. The Kier molecular flexibility index (Phi) is 5.20. The van der Waals surface area contributed by atoms with Gasteiger partial charge in [-0.25, -0.2) is 0 Å². The maximum Gasteiger partial charge on any atom is 0.262 e. The third-order valence-corrected chi connectivity index (χ3v) is 5.28. The first-order valence-electron chi connectivity index (χ1n) is 9.72. The fraction of sp³-hybridized carbons (Fsp3) is 0.318. The topological polar surface area (TPSA) is 79.0 Å². The predicted molar refractivity (Wildman–Crippen MR) is 108 cm³/mol. The normalized spacial score (nSPS) is 18.2. The highest BCUT2D eigenvalue weighted by atomic mass is 16.5. The summed E-state index contributed by atoms with van der Waals surface area (Å²) >= 11 is 0. The zero-order valence-electron chi connectivity index (χ0n) is 16.3. The van der Waals surface area contributed by atoms with E-state index >= 15 is 0 Å². The van der Waals surface area contributed by atoms with Gasteiger partial charge in [0.2, 0.25) is 5.91 Å². The summed E-state index contributed by atoms with van der Waals surface area (Å²) in [5, 5.41) is 2.58.